The minimum absolute atomic E-state index is 0.164. The van der Waals surface area contributed by atoms with Gasteiger partial charge in [-0.05, 0) is 12.3 Å². The van der Waals surface area contributed by atoms with E-state index >= 15 is 0 Å². The molecule has 0 saturated heterocycles. The lowest BCUT2D eigenvalue weighted by atomic mass is 9.85. The van der Waals surface area contributed by atoms with Gasteiger partial charge in [-0.25, -0.2) is 4.98 Å². The number of nitrogens with zero attached hydrogens (tertiary/aromatic N) is 1. The van der Waals surface area contributed by atoms with Crippen LogP contribution in [0.4, 0.5) is 0 Å². The highest BCUT2D eigenvalue weighted by Gasteiger charge is 2.21. The van der Waals surface area contributed by atoms with Crippen LogP contribution in [0.3, 0.4) is 0 Å². The van der Waals surface area contributed by atoms with Gasteiger partial charge in [-0.1, -0.05) is 20.8 Å². The Hall–Kier alpha value is -0.410. The summed E-state index contributed by atoms with van der Waals surface area (Å²) in [4.78, 5) is 4.40. The van der Waals surface area contributed by atoms with Crippen molar-refractivity contribution >= 4 is 11.3 Å². The summed E-state index contributed by atoms with van der Waals surface area (Å²) >= 11 is 1.69. The van der Waals surface area contributed by atoms with Gasteiger partial charge in [0.1, 0.15) is 0 Å². The molecular weight excluding hydrogens is 180 g/mol. The summed E-state index contributed by atoms with van der Waals surface area (Å²) in [5.41, 5.74) is 7.35. The molecule has 0 amide bonds. The number of hydrogen-bond acceptors (Lipinski definition) is 3. The second kappa shape index (κ2) is 3.76. The first-order valence-electron chi connectivity index (χ1n) is 4.56. The second-order valence-corrected chi connectivity index (χ2v) is 5.60. The van der Waals surface area contributed by atoms with Crippen molar-refractivity contribution in [1.29, 1.82) is 0 Å². The lowest BCUT2D eigenvalue weighted by Crippen LogP contribution is -2.36. The monoisotopic (exact) mass is 198 g/mol. The van der Waals surface area contributed by atoms with Crippen LogP contribution in [-0.4, -0.2) is 11.0 Å². The van der Waals surface area contributed by atoms with Crippen LogP contribution < -0.4 is 5.73 Å². The quantitative estimate of drug-likeness (QED) is 0.792. The van der Waals surface area contributed by atoms with Gasteiger partial charge >= 0.3 is 0 Å². The number of rotatable bonds is 2. The molecule has 1 aromatic rings. The van der Waals surface area contributed by atoms with Gasteiger partial charge in [0, 0.05) is 17.8 Å². The molecule has 13 heavy (non-hydrogen) atoms. The molecule has 0 spiro atoms. The highest BCUT2D eigenvalue weighted by molar-refractivity contribution is 7.09. The maximum Gasteiger partial charge on any atom is 0.0897 e. The molecule has 1 unspecified atom stereocenters. The molecule has 0 aliphatic carbocycles. The molecule has 0 bridgehead atoms. The molecule has 0 aromatic carbocycles. The Balaban J connectivity index is 2.60. The summed E-state index contributed by atoms with van der Waals surface area (Å²) in [7, 11) is 0. The van der Waals surface area contributed by atoms with Crippen molar-refractivity contribution in [1.82, 2.24) is 4.98 Å². The van der Waals surface area contributed by atoms with Crippen LogP contribution in [0.2, 0.25) is 0 Å². The number of thiazole rings is 1. The summed E-state index contributed by atoms with van der Waals surface area (Å²) < 4.78 is 0. The molecule has 1 rings (SSSR count). The van der Waals surface area contributed by atoms with Crippen molar-refractivity contribution < 1.29 is 0 Å². The summed E-state index contributed by atoms with van der Waals surface area (Å²) in [5.74, 6) is 0. The van der Waals surface area contributed by atoms with Crippen LogP contribution in [0.5, 0.6) is 0 Å². The molecule has 1 atom stereocenters. The van der Waals surface area contributed by atoms with E-state index in [4.69, 9.17) is 5.73 Å². The third kappa shape index (κ3) is 3.08. The van der Waals surface area contributed by atoms with Crippen molar-refractivity contribution in [2.75, 3.05) is 0 Å². The molecule has 0 saturated carbocycles. The van der Waals surface area contributed by atoms with Gasteiger partial charge in [0.15, 0.2) is 0 Å². The van der Waals surface area contributed by atoms with Gasteiger partial charge in [0.25, 0.3) is 0 Å². The Morgan fingerprint density at radius 1 is 1.54 bits per heavy atom. The average molecular weight is 198 g/mol. The maximum absolute atomic E-state index is 6.06. The smallest absolute Gasteiger partial charge is 0.0897 e. The van der Waals surface area contributed by atoms with Crippen molar-refractivity contribution in [3.05, 3.63) is 16.1 Å². The molecule has 0 fully saturated rings. The van der Waals surface area contributed by atoms with Crippen molar-refractivity contribution in [3.8, 4) is 0 Å². The molecule has 2 N–H and O–H groups in total. The molecule has 2 nitrogen and oxygen atoms in total. The first-order valence-corrected chi connectivity index (χ1v) is 5.44. The van der Waals surface area contributed by atoms with E-state index in [-0.39, 0.29) is 11.5 Å². The summed E-state index contributed by atoms with van der Waals surface area (Å²) in [6, 6.07) is 0.189. The fourth-order valence-corrected chi connectivity index (χ4v) is 1.66. The highest BCUT2D eigenvalue weighted by atomic mass is 32.1. The lowest BCUT2D eigenvalue weighted by Gasteiger charge is -2.26. The number of nitrogens with two attached hydrogens (primary N) is 1. The molecule has 0 aliphatic rings. The molecule has 1 heterocycles. The Kier molecular flexibility index (Phi) is 3.09. The Morgan fingerprint density at radius 2 is 2.15 bits per heavy atom. The normalized spacial score (nSPS) is 14.5. The van der Waals surface area contributed by atoms with E-state index in [0.717, 1.165) is 17.1 Å². The first kappa shape index (κ1) is 10.7. The van der Waals surface area contributed by atoms with Gasteiger partial charge in [0.05, 0.1) is 10.7 Å². The van der Waals surface area contributed by atoms with Crippen LogP contribution in [0.15, 0.2) is 5.38 Å². The molecular formula is C10H18N2S. The predicted octanol–water partition coefficient (Wildman–Crippen LogP) is 2.37. The molecule has 3 heteroatoms. The average Bonchev–Trinajstić information content (AvgIpc) is 2.33. The van der Waals surface area contributed by atoms with Crippen LogP contribution in [0, 0.1) is 12.3 Å². The van der Waals surface area contributed by atoms with E-state index in [1.54, 1.807) is 11.3 Å². The Bertz CT molecular complexity index is 273. The van der Waals surface area contributed by atoms with E-state index in [0.29, 0.717) is 0 Å². The topological polar surface area (TPSA) is 38.9 Å². The van der Waals surface area contributed by atoms with Crippen LogP contribution in [-0.2, 0) is 6.42 Å². The SMILES string of the molecule is Cc1nc(CC(N)C(C)(C)C)cs1. The number of aromatic nitrogens is 1. The van der Waals surface area contributed by atoms with Gasteiger partial charge in [-0.15, -0.1) is 11.3 Å². The zero-order valence-electron chi connectivity index (χ0n) is 8.79. The zero-order chi connectivity index (χ0) is 10.1. The Morgan fingerprint density at radius 3 is 2.54 bits per heavy atom. The molecule has 1 aromatic heterocycles. The van der Waals surface area contributed by atoms with Gasteiger partial charge in [-0.2, -0.15) is 0 Å². The van der Waals surface area contributed by atoms with Crippen LogP contribution in [0.1, 0.15) is 31.5 Å². The number of hydrogen-bond donors (Lipinski definition) is 1. The molecule has 74 valence electrons. The third-order valence-corrected chi connectivity index (χ3v) is 3.03. The lowest BCUT2D eigenvalue weighted by molar-refractivity contribution is 0.317. The van der Waals surface area contributed by atoms with Crippen molar-refractivity contribution in [2.45, 2.75) is 40.2 Å². The number of aryl methyl sites for hydroxylation is 1. The maximum atomic E-state index is 6.06. The van der Waals surface area contributed by atoms with E-state index < -0.39 is 0 Å². The van der Waals surface area contributed by atoms with Crippen molar-refractivity contribution in [2.24, 2.45) is 11.1 Å². The first-order chi connectivity index (χ1) is 5.89. The van der Waals surface area contributed by atoms with E-state index in [1.165, 1.54) is 0 Å². The van der Waals surface area contributed by atoms with Gasteiger partial charge in [0.2, 0.25) is 0 Å². The fourth-order valence-electron chi connectivity index (χ4n) is 1.03. The zero-order valence-corrected chi connectivity index (χ0v) is 9.61. The van der Waals surface area contributed by atoms with Crippen LogP contribution in [0.25, 0.3) is 0 Å². The highest BCUT2D eigenvalue weighted by Crippen LogP contribution is 2.21. The largest absolute Gasteiger partial charge is 0.327 e. The summed E-state index contributed by atoms with van der Waals surface area (Å²) in [6.07, 6.45) is 0.883. The van der Waals surface area contributed by atoms with Crippen LogP contribution >= 0.6 is 11.3 Å². The minimum Gasteiger partial charge on any atom is -0.327 e. The molecule has 0 radical (unpaired) electrons. The third-order valence-electron chi connectivity index (χ3n) is 2.21. The van der Waals surface area contributed by atoms with Crippen molar-refractivity contribution in [3.63, 3.8) is 0 Å². The fraction of sp³-hybridized carbons (Fsp3) is 0.700. The second-order valence-electron chi connectivity index (χ2n) is 4.53. The van der Waals surface area contributed by atoms with Gasteiger partial charge < -0.3 is 5.73 Å². The van der Waals surface area contributed by atoms with E-state index in [1.807, 2.05) is 6.92 Å². The predicted molar refractivity (Wildman–Crippen MR) is 58.0 cm³/mol. The minimum atomic E-state index is 0.164. The Labute approximate surface area is 84.2 Å². The van der Waals surface area contributed by atoms with E-state index in [2.05, 4.69) is 31.1 Å². The summed E-state index contributed by atoms with van der Waals surface area (Å²) in [5, 5.41) is 3.22. The molecule has 0 aliphatic heterocycles. The van der Waals surface area contributed by atoms with E-state index in [9.17, 15) is 0 Å². The standard InChI is InChI=1S/C10H18N2S/c1-7-12-8(6-13-7)5-9(11)10(2,3)4/h6,9H,5,11H2,1-4H3. The summed E-state index contributed by atoms with van der Waals surface area (Å²) in [6.45, 7) is 8.52. The van der Waals surface area contributed by atoms with Gasteiger partial charge in [-0.3, -0.25) is 0 Å².